The van der Waals surface area contributed by atoms with Crippen LogP contribution in [0.15, 0.2) is 48.5 Å². The topological polar surface area (TPSA) is 70.4 Å². The number of benzene rings is 2. The van der Waals surface area contributed by atoms with Gasteiger partial charge in [-0.2, -0.15) is 12.6 Å². The van der Waals surface area contributed by atoms with E-state index in [-0.39, 0.29) is 5.75 Å². The third-order valence-corrected chi connectivity index (χ3v) is 5.70. The number of hydrogen-bond donors (Lipinski definition) is 1. The zero-order valence-corrected chi connectivity index (χ0v) is 17.7. The number of carbonyl (C=O) groups excluding carboxylic acids is 2. The van der Waals surface area contributed by atoms with Crippen molar-refractivity contribution in [2.75, 3.05) is 5.75 Å². The Labute approximate surface area is 180 Å². The summed E-state index contributed by atoms with van der Waals surface area (Å²) in [6.07, 6.45) is 4.47. The molecule has 0 atom stereocenters. The monoisotopic (exact) mass is 424 g/mol. The fraction of sp³-hybridized carbons (Fsp3) is 0.348. The molecule has 0 spiro atoms. The van der Waals surface area contributed by atoms with Gasteiger partial charge < -0.3 is 9.47 Å². The lowest BCUT2D eigenvalue weighted by atomic mass is 9.86. The van der Waals surface area contributed by atoms with Gasteiger partial charge in [0.15, 0.2) is 5.82 Å². The summed E-state index contributed by atoms with van der Waals surface area (Å²) in [7, 11) is 0. The Morgan fingerprint density at radius 3 is 2.53 bits per heavy atom. The van der Waals surface area contributed by atoms with Crippen LogP contribution in [0.3, 0.4) is 0 Å². The molecule has 30 heavy (non-hydrogen) atoms. The van der Waals surface area contributed by atoms with Crippen LogP contribution in [-0.2, 0) is 9.53 Å². The molecular weight excluding hydrogens is 400 g/mol. The van der Waals surface area contributed by atoms with Gasteiger partial charge in [-0.05, 0) is 44.7 Å². The molecule has 0 saturated heterocycles. The van der Waals surface area contributed by atoms with Crippen molar-refractivity contribution >= 4 is 35.7 Å². The fourth-order valence-corrected chi connectivity index (χ4v) is 3.97. The van der Waals surface area contributed by atoms with Crippen LogP contribution in [0.4, 0.5) is 4.79 Å². The highest BCUT2D eigenvalue weighted by Crippen LogP contribution is 2.33. The highest BCUT2D eigenvalue weighted by molar-refractivity contribution is 7.81. The molecule has 1 saturated carbocycles. The summed E-state index contributed by atoms with van der Waals surface area (Å²) in [4.78, 5) is 29.7. The van der Waals surface area contributed by atoms with Gasteiger partial charge in [0, 0.05) is 11.6 Å². The van der Waals surface area contributed by atoms with Crippen molar-refractivity contribution < 1.29 is 19.1 Å². The number of esters is 1. The van der Waals surface area contributed by atoms with Gasteiger partial charge in [0.25, 0.3) is 0 Å². The van der Waals surface area contributed by atoms with Gasteiger partial charge in [-0.25, -0.2) is 14.3 Å². The average Bonchev–Trinajstić information content (AvgIpc) is 3.13. The maximum Gasteiger partial charge on any atom is 0.420 e. The standard InChI is InChI=1S/C23H24N2O4S/c1-23(12-6-3-7-13-23)29-22(27)25-19-14-17(28-20(26)15-30)10-11-18(19)24-21(25)16-8-4-2-5-9-16/h2,4-5,8-11,14,30H,3,6-7,12-13,15H2,1H3. The Morgan fingerprint density at radius 1 is 1.10 bits per heavy atom. The second-order valence-electron chi connectivity index (χ2n) is 7.80. The molecule has 0 bridgehead atoms. The molecule has 1 heterocycles. The molecule has 1 aliphatic carbocycles. The molecule has 2 aromatic carbocycles. The molecule has 0 N–H and O–H groups in total. The van der Waals surface area contributed by atoms with E-state index in [9.17, 15) is 9.59 Å². The number of imidazole rings is 1. The quantitative estimate of drug-likeness (QED) is 0.352. The van der Waals surface area contributed by atoms with Gasteiger partial charge in [0.1, 0.15) is 11.4 Å². The van der Waals surface area contributed by atoms with Crippen molar-refractivity contribution in [2.45, 2.75) is 44.6 Å². The van der Waals surface area contributed by atoms with Gasteiger partial charge in [0.2, 0.25) is 0 Å². The van der Waals surface area contributed by atoms with E-state index >= 15 is 0 Å². The first-order valence-electron chi connectivity index (χ1n) is 10.1. The first-order chi connectivity index (χ1) is 14.5. The number of hydrogen-bond acceptors (Lipinski definition) is 6. The van der Waals surface area contributed by atoms with Crippen molar-refractivity contribution in [2.24, 2.45) is 0 Å². The summed E-state index contributed by atoms with van der Waals surface area (Å²) < 4.78 is 12.8. The summed E-state index contributed by atoms with van der Waals surface area (Å²) in [6.45, 7) is 1.99. The maximum absolute atomic E-state index is 13.4. The maximum atomic E-state index is 13.4. The van der Waals surface area contributed by atoms with Crippen LogP contribution in [-0.4, -0.2) is 33.0 Å². The molecule has 3 aromatic rings. The first-order valence-corrected chi connectivity index (χ1v) is 10.8. The molecule has 4 rings (SSSR count). The molecule has 0 radical (unpaired) electrons. The molecule has 0 aliphatic heterocycles. The van der Waals surface area contributed by atoms with E-state index in [2.05, 4.69) is 17.6 Å². The lowest BCUT2D eigenvalue weighted by Crippen LogP contribution is -2.35. The normalized spacial score (nSPS) is 15.7. The Morgan fingerprint density at radius 2 is 1.83 bits per heavy atom. The third-order valence-electron chi connectivity index (χ3n) is 5.45. The molecule has 156 valence electrons. The van der Waals surface area contributed by atoms with Crippen molar-refractivity contribution in [3.63, 3.8) is 0 Å². The predicted molar refractivity (Wildman–Crippen MR) is 118 cm³/mol. The summed E-state index contributed by atoms with van der Waals surface area (Å²) in [5, 5.41) is 0. The van der Waals surface area contributed by atoms with Gasteiger partial charge in [0.05, 0.1) is 16.8 Å². The van der Waals surface area contributed by atoms with Crippen molar-refractivity contribution in [3.8, 4) is 17.1 Å². The van der Waals surface area contributed by atoms with Gasteiger partial charge >= 0.3 is 12.1 Å². The lowest BCUT2D eigenvalue weighted by molar-refractivity contribution is -0.131. The number of carbonyl (C=O) groups is 2. The minimum absolute atomic E-state index is 0.0348. The van der Waals surface area contributed by atoms with E-state index in [0.717, 1.165) is 37.7 Å². The van der Waals surface area contributed by atoms with Crippen molar-refractivity contribution in [1.82, 2.24) is 9.55 Å². The first kappa shape index (κ1) is 20.5. The second-order valence-corrected chi connectivity index (χ2v) is 8.11. The van der Waals surface area contributed by atoms with E-state index < -0.39 is 17.7 Å². The minimum Gasteiger partial charge on any atom is -0.443 e. The van der Waals surface area contributed by atoms with Crippen LogP contribution in [0, 0.1) is 0 Å². The van der Waals surface area contributed by atoms with Crippen molar-refractivity contribution in [3.05, 3.63) is 48.5 Å². The van der Waals surface area contributed by atoms with E-state index in [0.29, 0.717) is 22.6 Å². The molecule has 0 amide bonds. The third kappa shape index (κ3) is 4.21. The number of thiol groups is 1. The summed E-state index contributed by atoms with van der Waals surface area (Å²) in [5.41, 5.74) is 1.46. The highest BCUT2D eigenvalue weighted by Gasteiger charge is 2.33. The van der Waals surface area contributed by atoms with Crippen LogP contribution in [0.5, 0.6) is 5.75 Å². The summed E-state index contributed by atoms with van der Waals surface area (Å²) >= 11 is 3.94. The molecule has 7 heteroatoms. The molecular formula is C23H24N2O4S. The molecule has 1 aromatic heterocycles. The van der Waals surface area contributed by atoms with Crippen LogP contribution >= 0.6 is 12.6 Å². The van der Waals surface area contributed by atoms with Crippen molar-refractivity contribution in [1.29, 1.82) is 0 Å². The Balaban J connectivity index is 1.79. The smallest absolute Gasteiger partial charge is 0.420 e. The van der Waals surface area contributed by atoms with Gasteiger partial charge in [-0.1, -0.05) is 36.8 Å². The zero-order valence-electron chi connectivity index (χ0n) is 16.8. The van der Waals surface area contributed by atoms with Crippen LogP contribution in [0.25, 0.3) is 22.4 Å². The van der Waals surface area contributed by atoms with E-state index in [1.54, 1.807) is 18.2 Å². The molecule has 0 unspecified atom stereocenters. The van der Waals surface area contributed by atoms with E-state index in [4.69, 9.17) is 9.47 Å². The Bertz CT molecular complexity index is 1070. The molecule has 1 fully saturated rings. The number of fused-ring (bicyclic) bond motifs is 1. The zero-order chi connectivity index (χ0) is 21.1. The molecule has 1 aliphatic rings. The SMILES string of the molecule is CC1(OC(=O)n2c(-c3ccccc3)nc3ccc(OC(=O)CS)cc32)CCCCC1. The van der Waals surface area contributed by atoms with Crippen LogP contribution < -0.4 is 4.74 Å². The van der Waals surface area contributed by atoms with Crippen LogP contribution in [0.2, 0.25) is 0 Å². The van der Waals surface area contributed by atoms with E-state index in [1.165, 1.54) is 4.57 Å². The summed E-state index contributed by atoms with van der Waals surface area (Å²) in [6, 6.07) is 14.5. The van der Waals surface area contributed by atoms with Gasteiger partial charge in [-0.3, -0.25) is 4.79 Å². The van der Waals surface area contributed by atoms with Crippen LogP contribution in [0.1, 0.15) is 39.0 Å². The lowest BCUT2D eigenvalue weighted by Gasteiger charge is -2.33. The Kier molecular flexibility index (Phi) is 5.81. The molecule has 6 nitrogen and oxygen atoms in total. The second kappa shape index (κ2) is 8.52. The highest BCUT2D eigenvalue weighted by atomic mass is 32.1. The number of rotatable bonds is 4. The van der Waals surface area contributed by atoms with E-state index in [1.807, 2.05) is 37.3 Å². The number of ether oxygens (including phenoxy) is 2. The number of nitrogens with zero attached hydrogens (tertiary/aromatic N) is 2. The minimum atomic E-state index is -0.490. The fourth-order valence-electron chi connectivity index (χ4n) is 3.91. The summed E-state index contributed by atoms with van der Waals surface area (Å²) in [5.74, 6) is 0.323. The Hall–Kier alpha value is -2.80. The largest absolute Gasteiger partial charge is 0.443 e. The predicted octanol–water partition coefficient (Wildman–Crippen LogP) is 5.25. The van der Waals surface area contributed by atoms with Gasteiger partial charge in [-0.15, -0.1) is 0 Å². The average molecular weight is 425 g/mol. The number of aromatic nitrogens is 2.